The summed E-state index contributed by atoms with van der Waals surface area (Å²) in [5.74, 6) is 3.31. The maximum atomic E-state index is 6.63. The first-order valence-corrected chi connectivity index (χ1v) is 12.3. The predicted molar refractivity (Wildman–Crippen MR) is 138 cm³/mol. The van der Waals surface area contributed by atoms with Crippen LogP contribution >= 0.6 is 0 Å². The molecule has 0 aliphatic carbocycles. The van der Waals surface area contributed by atoms with Crippen LogP contribution in [-0.4, -0.2) is 18.4 Å². The highest BCUT2D eigenvalue weighted by atomic mass is 16.7. The van der Waals surface area contributed by atoms with Gasteiger partial charge in [0.05, 0.1) is 12.5 Å². The van der Waals surface area contributed by atoms with Gasteiger partial charge in [-0.05, 0) is 80.5 Å². The van der Waals surface area contributed by atoms with Crippen molar-refractivity contribution in [2.45, 2.75) is 72.2 Å². The van der Waals surface area contributed by atoms with E-state index in [1.54, 1.807) is 0 Å². The second-order valence-electron chi connectivity index (χ2n) is 10.4. The summed E-state index contributed by atoms with van der Waals surface area (Å²) in [6, 6.07) is 16.9. The molecule has 2 aliphatic rings. The molecule has 4 heteroatoms. The number of rotatable bonds is 5. The molecule has 178 valence electrons. The second-order valence-corrected chi connectivity index (χ2v) is 10.4. The van der Waals surface area contributed by atoms with Gasteiger partial charge in [-0.3, -0.25) is 0 Å². The largest absolute Gasteiger partial charge is 0.486 e. The van der Waals surface area contributed by atoms with Crippen molar-refractivity contribution in [3.05, 3.63) is 81.9 Å². The molecule has 1 unspecified atom stereocenters. The van der Waals surface area contributed by atoms with Crippen LogP contribution in [0.2, 0.25) is 0 Å². The standard InChI is InChI=1S/C30H35NO3/c1-17(2)21-12-14-22(15-13-21)27-26-20(5)28(18(3)19(4)29(26)34-30(27,6)7)31-16-25-32-23-10-8-9-11-24(23)33-25/h8-15,17,25,27,31H,16H2,1-7H3. The van der Waals surface area contributed by atoms with Crippen LogP contribution in [0.5, 0.6) is 17.2 Å². The minimum atomic E-state index is -0.350. The summed E-state index contributed by atoms with van der Waals surface area (Å²) in [5.41, 5.74) is 8.38. The van der Waals surface area contributed by atoms with E-state index in [0.29, 0.717) is 12.5 Å². The highest BCUT2D eigenvalue weighted by molar-refractivity contribution is 5.71. The highest BCUT2D eigenvalue weighted by Crippen LogP contribution is 2.53. The van der Waals surface area contributed by atoms with Crippen molar-refractivity contribution in [1.82, 2.24) is 0 Å². The van der Waals surface area contributed by atoms with Crippen molar-refractivity contribution >= 4 is 5.69 Å². The maximum Gasteiger partial charge on any atom is 0.258 e. The fraction of sp³-hybridized carbons (Fsp3) is 0.400. The SMILES string of the molecule is Cc1c(C)c2c(c(C)c1NCC1Oc3ccccc3O1)C(c1ccc(C(C)C)cc1)C(C)(C)O2. The molecule has 1 atom stereocenters. The number of hydrogen-bond acceptors (Lipinski definition) is 4. The van der Waals surface area contributed by atoms with Crippen molar-refractivity contribution in [3.63, 3.8) is 0 Å². The Bertz CT molecular complexity index is 1200. The van der Waals surface area contributed by atoms with Gasteiger partial charge in [0.2, 0.25) is 0 Å². The molecule has 4 nitrogen and oxygen atoms in total. The van der Waals surface area contributed by atoms with Crippen LogP contribution in [0.3, 0.4) is 0 Å². The van der Waals surface area contributed by atoms with Gasteiger partial charge in [-0.15, -0.1) is 0 Å². The molecule has 0 spiro atoms. The molecule has 0 radical (unpaired) electrons. The van der Waals surface area contributed by atoms with E-state index >= 15 is 0 Å². The average Bonchev–Trinajstić information content (AvgIpc) is 3.35. The number of fused-ring (bicyclic) bond motifs is 2. The van der Waals surface area contributed by atoms with Gasteiger partial charge in [0.15, 0.2) is 11.5 Å². The normalized spacial score (nSPS) is 18.2. The van der Waals surface area contributed by atoms with Crippen LogP contribution in [0.25, 0.3) is 0 Å². The average molecular weight is 458 g/mol. The third-order valence-corrected chi connectivity index (χ3v) is 7.40. The number of benzene rings is 3. The number of ether oxygens (including phenoxy) is 3. The van der Waals surface area contributed by atoms with Gasteiger partial charge in [-0.1, -0.05) is 50.2 Å². The molecule has 5 rings (SSSR count). The molecule has 0 aromatic heterocycles. The molecule has 2 aliphatic heterocycles. The molecule has 1 N–H and O–H groups in total. The van der Waals surface area contributed by atoms with Gasteiger partial charge in [0, 0.05) is 11.3 Å². The zero-order valence-electron chi connectivity index (χ0n) is 21.3. The third-order valence-electron chi connectivity index (χ3n) is 7.40. The summed E-state index contributed by atoms with van der Waals surface area (Å²) in [6.07, 6.45) is -0.350. The van der Waals surface area contributed by atoms with E-state index < -0.39 is 0 Å². The van der Waals surface area contributed by atoms with Crippen LogP contribution in [-0.2, 0) is 0 Å². The summed E-state index contributed by atoms with van der Waals surface area (Å²) in [5, 5.41) is 3.65. The van der Waals surface area contributed by atoms with Gasteiger partial charge in [-0.2, -0.15) is 0 Å². The monoisotopic (exact) mass is 457 g/mol. The lowest BCUT2D eigenvalue weighted by Gasteiger charge is -2.28. The van der Waals surface area contributed by atoms with E-state index in [0.717, 1.165) is 22.9 Å². The lowest BCUT2D eigenvalue weighted by molar-refractivity contribution is 0.0620. The third kappa shape index (κ3) is 3.70. The lowest BCUT2D eigenvalue weighted by atomic mass is 9.78. The Kier molecular flexibility index (Phi) is 5.50. The summed E-state index contributed by atoms with van der Waals surface area (Å²) in [4.78, 5) is 0. The van der Waals surface area contributed by atoms with Crippen molar-refractivity contribution < 1.29 is 14.2 Å². The van der Waals surface area contributed by atoms with E-state index in [4.69, 9.17) is 14.2 Å². The minimum absolute atomic E-state index is 0.159. The van der Waals surface area contributed by atoms with E-state index in [1.165, 1.54) is 33.4 Å². The van der Waals surface area contributed by atoms with Gasteiger partial charge in [-0.25, -0.2) is 0 Å². The molecule has 0 amide bonds. The fourth-order valence-corrected chi connectivity index (χ4v) is 5.42. The van der Waals surface area contributed by atoms with E-state index in [9.17, 15) is 0 Å². The Hall–Kier alpha value is -3.14. The Morgan fingerprint density at radius 3 is 2.06 bits per heavy atom. The zero-order valence-corrected chi connectivity index (χ0v) is 21.3. The molecular formula is C30H35NO3. The number of anilines is 1. The first-order valence-electron chi connectivity index (χ1n) is 12.3. The van der Waals surface area contributed by atoms with Gasteiger partial charge in [0.1, 0.15) is 11.4 Å². The van der Waals surface area contributed by atoms with Crippen molar-refractivity contribution in [2.75, 3.05) is 11.9 Å². The van der Waals surface area contributed by atoms with E-state index in [1.807, 2.05) is 24.3 Å². The molecular weight excluding hydrogens is 422 g/mol. The van der Waals surface area contributed by atoms with Gasteiger partial charge >= 0.3 is 0 Å². The summed E-state index contributed by atoms with van der Waals surface area (Å²) >= 11 is 0. The van der Waals surface area contributed by atoms with Crippen LogP contribution in [0.4, 0.5) is 5.69 Å². The predicted octanol–water partition coefficient (Wildman–Crippen LogP) is 7.25. The number of hydrogen-bond donors (Lipinski definition) is 1. The van der Waals surface area contributed by atoms with Gasteiger partial charge in [0.25, 0.3) is 6.29 Å². The second kappa shape index (κ2) is 8.26. The molecule has 0 bridgehead atoms. The molecule has 2 heterocycles. The zero-order chi connectivity index (χ0) is 24.2. The molecule has 0 saturated carbocycles. The minimum Gasteiger partial charge on any atom is -0.486 e. The summed E-state index contributed by atoms with van der Waals surface area (Å²) in [7, 11) is 0. The van der Waals surface area contributed by atoms with Crippen molar-refractivity contribution in [1.29, 1.82) is 0 Å². The van der Waals surface area contributed by atoms with Crippen LogP contribution in [0.15, 0.2) is 48.5 Å². The topological polar surface area (TPSA) is 39.7 Å². The molecule has 0 fully saturated rings. The van der Waals surface area contributed by atoms with Crippen LogP contribution in [0.1, 0.15) is 72.9 Å². The number of nitrogens with one attached hydrogen (secondary N) is 1. The molecule has 34 heavy (non-hydrogen) atoms. The summed E-state index contributed by atoms with van der Waals surface area (Å²) < 4.78 is 18.6. The molecule has 3 aromatic carbocycles. The Balaban J connectivity index is 1.48. The van der Waals surface area contributed by atoms with Gasteiger partial charge < -0.3 is 19.5 Å². The van der Waals surface area contributed by atoms with E-state index in [-0.39, 0.29) is 17.8 Å². The van der Waals surface area contributed by atoms with Crippen molar-refractivity contribution in [2.24, 2.45) is 0 Å². The molecule has 3 aromatic rings. The van der Waals surface area contributed by atoms with E-state index in [2.05, 4.69) is 78.0 Å². The quantitative estimate of drug-likeness (QED) is 0.438. The maximum absolute atomic E-state index is 6.63. The first kappa shape index (κ1) is 22.6. The first-order chi connectivity index (χ1) is 16.2. The lowest BCUT2D eigenvalue weighted by Crippen LogP contribution is -2.31. The summed E-state index contributed by atoms with van der Waals surface area (Å²) in [6.45, 7) is 16.0. The fourth-order valence-electron chi connectivity index (χ4n) is 5.42. The van der Waals surface area contributed by atoms with Crippen molar-refractivity contribution in [3.8, 4) is 17.2 Å². The Morgan fingerprint density at radius 1 is 0.853 bits per heavy atom. The number of para-hydroxylation sites is 2. The van der Waals surface area contributed by atoms with Crippen LogP contribution in [0, 0.1) is 20.8 Å². The molecule has 0 saturated heterocycles. The van der Waals surface area contributed by atoms with Crippen LogP contribution < -0.4 is 19.5 Å². The Morgan fingerprint density at radius 2 is 1.47 bits per heavy atom. The Labute approximate surface area is 203 Å². The highest BCUT2D eigenvalue weighted by Gasteiger charge is 2.45. The smallest absolute Gasteiger partial charge is 0.258 e.